The lowest BCUT2D eigenvalue weighted by Crippen LogP contribution is -2.31. The van der Waals surface area contributed by atoms with E-state index < -0.39 is 0 Å². The molecule has 4 N–H and O–H groups in total. The van der Waals surface area contributed by atoms with Crippen LogP contribution in [0.15, 0.2) is 54.6 Å². The molecule has 0 saturated carbocycles. The maximum atomic E-state index is 11.9. The van der Waals surface area contributed by atoms with Gasteiger partial charge >= 0.3 is 6.03 Å². The number of hydrogen-bond acceptors (Lipinski definition) is 2. The predicted molar refractivity (Wildman–Crippen MR) is 77.9 cm³/mol. The van der Waals surface area contributed by atoms with E-state index >= 15 is 0 Å². The predicted octanol–water partition coefficient (Wildman–Crippen LogP) is 3.15. The maximum absolute atomic E-state index is 11.9. The van der Waals surface area contributed by atoms with Crippen LogP contribution >= 0.6 is 0 Å². The average molecular weight is 255 g/mol. The molecule has 0 saturated heterocycles. The van der Waals surface area contributed by atoms with Crippen molar-refractivity contribution in [2.75, 3.05) is 11.1 Å². The van der Waals surface area contributed by atoms with Gasteiger partial charge in [0.1, 0.15) is 0 Å². The Hall–Kier alpha value is -2.49. The van der Waals surface area contributed by atoms with Gasteiger partial charge in [-0.25, -0.2) is 4.79 Å². The Morgan fingerprint density at radius 3 is 2.37 bits per heavy atom. The number of nitrogens with two attached hydrogens (primary N) is 1. The fourth-order valence-corrected chi connectivity index (χ4v) is 1.79. The summed E-state index contributed by atoms with van der Waals surface area (Å²) in [5.74, 6) is 0. The van der Waals surface area contributed by atoms with Gasteiger partial charge in [-0.05, 0) is 24.6 Å². The zero-order valence-electron chi connectivity index (χ0n) is 10.8. The van der Waals surface area contributed by atoms with Crippen molar-refractivity contribution < 1.29 is 4.79 Å². The molecule has 0 aliphatic rings. The fourth-order valence-electron chi connectivity index (χ4n) is 1.79. The summed E-state index contributed by atoms with van der Waals surface area (Å²) in [6.07, 6.45) is 0. The molecule has 0 fully saturated rings. The first kappa shape index (κ1) is 13.0. The fraction of sp³-hybridized carbons (Fsp3) is 0.133. The molecule has 0 heterocycles. The Morgan fingerprint density at radius 1 is 1.05 bits per heavy atom. The third-order valence-electron chi connectivity index (χ3n) is 2.86. The van der Waals surface area contributed by atoms with Crippen molar-refractivity contribution in [1.82, 2.24) is 5.32 Å². The van der Waals surface area contributed by atoms with Crippen LogP contribution in [0.3, 0.4) is 0 Å². The molecule has 4 nitrogen and oxygen atoms in total. The number of anilines is 2. The number of hydrogen-bond donors (Lipinski definition) is 3. The number of nitrogens with one attached hydrogen (secondary N) is 2. The van der Waals surface area contributed by atoms with Crippen LogP contribution in [-0.4, -0.2) is 6.03 Å². The lowest BCUT2D eigenvalue weighted by Gasteiger charge is -2.15. The largest absolute Gasteiger partial charge is 0.397 e. The molecule has 0 bridgehead atoms. The number of urea groups is 1. The highest BCUT2D eigenvalue weighted by molar-refractivity contribution is 5.92. The third kappa shape index (κ3) is 3.48. The van der Waals surface area contributed by atoms with Gasteiger partial charge in [0, 0.05) is 0 Å². The van der Waals surface area contributed by atoms with Crippen LogP contribution in [0, 0.1) is 0 Å². The Morgan fingerprint density at radius 2 is 1.68 bits per heavy atom. The van der Waals surface area contributed by atoms with Gasteiger partial charge in [0.25, 0.3) is 0 Å². The van der Waals surface area contributed by atoms with Crippen molar-refractivity contribution >= 4 is 17.4 Å². The van der Waals surface area contributed by atoms with Crippen molar-refractivity contribution in [2.45, 2.75) is 13.0 Å². The smallest absolute Gasteiger partial charge is 0.319 e. The molecule has 4 heteroatoms. The van der Waals surface area contributed by atoms with Gasteiger partial charge in [-0.3, -0.25) is 0 Å². The zero-order chi connectivity index (χ0) is 13.7. The Balaban J connectivity index is 1.97. The molecule has 0 unspecified atom stereocenters. The Kier molecular flexibility index (Phi) is 4.03. The maximum Gasteiger partial charge on any atom is 0.319 e. The first-order chi connectivity index (χ1) is 9.16. The third-order valence-corrected chi connectivity index (χ3v) is 2.86. The van der Waals surface area contributed by atoms with E-state index in [-0.39, 0.29) is 12.1 Å². The van der Waals surface area contributed by atoms with Gasteiger partial charge in [0.05, 0.1) is 17.4 Å². The van der Waals surface area contributed by atoms with Crippen molar-refractivity contribution in [3.05, 3.63) is 60.2 Å². The van der Waals surface area contributed by atoms with Crippen LogP contribution in [0.4, 0.5) is 16.2 Å². The second kappa shape index (κ2) is 5.91. The molecule has 1 atom stereocenters. The number of rotatable bonds is 3. The minimum Gasteiger partial charge on any atom is -0.397 e. The van der Waals surface area contributed by atoms with Crippen LogP contribution in [0.2, 0.25) is 0 Å². The van der Waals surface area contributed by atoms with Gasteiger partial charge in [0.15, 0.2) is 0 Å². The molecule has 0 aromatic heterocycles. The molecule has 0 aliphatic carbocycles. The topological polar surface area (TPSA) is 67.2 Å². The zero-order valence-corrected chi connectivity index (χ0v) is 10.8. The highest BCUT2D eigenvalue weighted by atomic mass is 16.2. The van der Waals surface area contributed by atoms with Crippen molar-refractivity contribution in [3.63, 3.8) is 0 Å². The number of nitrogen functional groups attached to an aromatic ring is 1. The van der Waals surface area contributed by atoms with E-state index in [1.807, 2.05) is 49.4 Å². The van der Waals surface area contributed by atoms with Crippen LogP contribution in [-0.2, 0) is 0 Å². The summed E-state index contributed by atoms with van der Waals surface area (Å²) in [4.78, 5) is 11.9. The van der Waals surface area contributed by atoms with E-state index in [1.54, 1.807) is 12.1 Å². The summed E-state index contributed by atoms with van der Waals surface area (Å²) < 4.78 is 0. The summed E-state index contributed by atoms with van der Waals surface area (Å²) in [6.45, 7) is 1.93. The van der Waals surface area contributed by atoms with E-state index in [4.69, 9.17) is 5.73 Å². The number of carbonyl (C=O) groups excluding carboxylic acids is 1. The molecule has 0 radical (unpaired) electrons. The molecule has 0 spiro atoms. The summed E-state index contributed by atoms with van der Waals surface area (Å²) >= 11 is 0. The molecule has 2 aromatic carbocycles. The van der Waals surface area contributed by atoms with Gasteiger partial charge in [-0.15, -0.1) is 0 Å². The number of para-hydroxylation sites is 2. The van der Waals surface area contributed by atoms with Crippen molar-refractivity contribution in [1.29, 1.82) is 0 Å². The second-order valence-electron chi connectivity index (χ2n) is 4.32. The highest BCUT2D eigenvalue weighted by Gasteiger charge is 2.09. The van der Waals surface area contributed by atoms with E-state index in [0.29, 0.717) is 11.4 Å². The van der Waals surface area contributed by atoms with E-state index in [0.717, 1.165) is 5.56 Å². The summed E-state index contributed by atoms with van der Waals surface area (Å²) in [7, 11) is 0. The molecule has 98 valence electrons. The van der Waals surface area contributed by atoms with Gasteiger partial charge < -0.3 is 16.4 Å². The molecular weight excluding hydrogens is 238 g/mol. The molecule has 0 aliphatic heterocycles. The standard InChI is InChI=1S/C15H17N3O/c1-11(12-7-3-2-4-8-12)17-15(19)18-14-10-6-5-9-13(14)16/h2-11H,16H2,1H3,(H2,17,18,19)/t11-/m1/s1. The number of amides is 2. The highest BCUT2D eigenvalue weighted by Crippen LogP contribution is 2.17. The molecule has 2 amide bonds. The number of carbonyl (C=O) groups is 1. The van der Waals surface area contributed by atoms with Crippen LogP contribution in [0.25, 0.3) is 0 Å². The number of benzene rings is 2. The quantitative estimate of drug-likeness (QED) is 0.737. The van der Waals surface area contributed by atoms with Gasteiger partial charge in [-0.2, -0.15) is 0 Å². The summed E-state index contributed by atoms with van der Waals surface area (Å²) in [6, 6.07) is 16.6. The monoisotopic (exact) mass is 255 g/mol. The molecule has 2 aromatic rings. The molecule has 2 rings (SSSR count). The minimum absolute atomic E-state index is 0.0638. The van der Waals surface area contributed by atoms with Crippen LogP contribution in [0.5, 0.6) is 0 Å². The van der Waals surface area contributed by atoms with Crippen LogP contribution < -0.4 is 16.4 Å². The van der Waals surface area contributed by atoms with Gasteiger partial charge in [-0.1, -0.05) is 42.5 Å². The average Bonchev–Trinajstić information content (AvgIpc) is 2.42. The van der Waals surface area contributed by atoms with Crippen molar-refractivity contribution in [2.24, 2.45) is 0 Å². The van der Waals surface area contributed by atoms with E-state index in [1.165, 1.54) is 0 Å². The first-order valence-corrected chi connectivity index (χ1v) is 6.14. The van der Waals surface area contributed by atoms with Gasteiger partial charge in [0.2, 0.25) is 0 Å². The second-order valence-corrected chi connectivity index (χ2v) is 4.32. The van der Waals surface area contributed by atoms with Crippen molar-refractivity contribution in [3.8, 4) is 0 Å². The lowest BCUT2D eigenvalue weighted by atomic mass is 10.1. The molecular formula is C15H17N3O. The lowest BCUT2D eigenvalue weighted by molar-refractivity contribution is 0.249. The first-order valence-electron chi connectivity index (χ1n) is 6.14. The Bertz CT molecular complexity index is 554. The summed E-state index contributed by atoms with van der Waals surface area (Å²) in [5.41, 5.74) is 7.98. The summed E-state index contributed by atoms with van der Waals surface area (Å²) in [5, 5.41) is 5.60. The normalized spacial score (nSPS) is 11.6. The van der Waals surface area contributed by atoms with E-state index in [2.05, 4.69) is 10.6 Å². The van der Waals surface area contributed by atoms with Crippen LogP contribution in [0.1, 0.15) is 18.5 Å². The molecule has 19 heavy (non-hydrogen) atoms. The minimum atomic E-state index is -0.269. The Labute approximate surface area is 112 Å². The SMILES string of the molecule is C[C@@H](NC(=O)Nc1ccccc1N)c1ccccc1. The van der Waals surface area contributed by atoms with E-state index in [9.17, 15) is 4.79 Å².